The van der Waals surface area contributed by atoms with Gasteiger partial charge in [-0.25, -0.2) is 13.6 Å². The van der Waals surface area contributed by atoms with Crippen molar-refractivity contribution in [3.8, 4) is 11.5 Å². The Morgan fingerprint density at radius 2 is 1.41 bits per heavy atom. The quantitative estimate of drug-likeness (QED) is 0.388. The number of hydrogen-bond acceptors (Lipinski definition) is 4. The van der Waals surface area contributed by atoms with Gasteiger partial charge < -0.3 is 14.6 Å². The Labute approximate surface area is 152 Å². The van der Waals surface area contributed by atoms with Gasteiger partial charge in [0.25, 0.3) is 5.78 Å². The molecule has 1 N–H and O–H groups in total. The number of carboxylic acids is 1. The Balaban J connectivity index is 1.60. The van der Waals surface area contributed by atoms with Gasteiger partial charge in [0, 0.05) is 12.1 Å². The van der Waals surface area contributed by atoms with Gasteiger partial charge in [0.1, 0.15) is 41.9 Å². The maximum absolute atomic E-state index is 13.8. The van der Waals surface area contributed by atoms with Crippen LogP contribution in [-0.2, 0) is 4.79 Å². The van der Waals surface area contributed by atoms with Crippen molar-refractivity contribution in [2.45, 2.75) is 0 Å². The molecular formula is C20H14F2O5. The first-order valence-corrected chi connectivity index (χ1v) is 7.97. The lowest BCUT2D eigenvalue weighted by molar-refractivity contribution is -0.131. The predicted molar refractivity (Wildman–Crippen MR) is 93.3 cm³/mol. The van der Waals surface area contributed by atoms with E-state index >= 15 is 0 Å². The Bertz CT molecular complexity index is 993. The van der Waals surface area contributed by atoms with Crippen LogP contribution in [0.25, 0.3) is 10.8 Å². The summed E-state index contributed by atoms with van der Waals surface area (Å²) in [6.07, 6.45) is 0. The molecule has 5 nitrogen and oxygen atoms in total. The zero-order valence-corrected chi connectivity index (χ0v) is 13.9. The topological polar surface area (TPSA) is 72.8 Å². The zero-order valence-electron chi connectivity index (χ0n) is 13.9. The molecular weight excluding hydrogens is 358 g/mol. The average Bonchev–Trinajstić information content (AvgIpc) is 2.64. The fourth-order valence-corrected chi connectivity index (χ4v) is 2.53. The van der Waals surface area contributed by atoms with Crippen molar-refractivity contribution in [2.75, 3.05) is 13.2 Å². The van der Waals surface area contributed by atoms with E-state index in [-0.39, 0.29) is 19.0 Å². The number of benzene rings is 3. The van der Waals surface area contributed by atoms with Crippen molar-refractivity contribution in [3.05, 3.63) is 71.8 Å². The molecule has 3 rings (SSSR count). The molecule has 3 aromatic carbocycles. The highest BCUT2D eigenvalue weighted by Crippen LogP contribution is 2.22. The number of hydrogen-bond donors (Lipinski definition) is 1. The highest BCUT2D eigenvalue weighted by molar-refractivity contribution is 6.40. The molecule has 0 atom stereocenters. The summed E-state index contributed by atoms with van der Waals surface area (Å²) in [5.74, 6) is -5.74. The number of rotatable bonds is 7. The van der Waals surface area contributed by atoms with Crippen molar-refractivity contribution < 1.29 is 33.0 Å². The first-order valence-electron chi connectivity index (χ1n) is 7.97. The minimum absolute atomic E-state index is 0.00205. The third kappa shape index (κ3) is 4.20. The van der Waals surface area contributed by atoms with Crippen LogP contribution in [0.15, 0.2) is 54.6 Å². The van der Waals surface area contributed by atoms with E-state index in [1.165, 1.54) is 0 Å². The van der Waals surface area contributed by atoms with Crippen molar-refractivity contribution in [2.24, 2.45) is 0 Å². The normalized spacial score (nSPS) is 10.6. The summed E-state index contributed by atoms with van der Waals surface area (Å²) in [6.45, 7) is 0.120. The molecule has 0 unspecified atom stereocenters. The Kier molecular flexibility index (Phi) is 5.30. The first-order chi connectivity index (χ1) is 13.0. The number of fused-ring (bicyclic) bond motifs is 1. The zero-order chi connectivity index (χ0) is 19.4. The molecule has 0 aromatic heterocycles. The first kappa shape index (κ1) is 18.3. The molecule has 7 heteroatoms. The van der Waals surface area contributed by atoms with Crippen molar-refractivity contribution >= 4 is 22.5 Å². The van der Waals surface area contributed by atoms with Crippen LogP contribution in [0.1, 0.15) is 10.4 Å². The molecule has 0 saturated heterocycles. The molecule has 0 saturated carbocycles. The van der Waals surface area contributed by atoms with Crippen molar-refractivity contribution in [3.63, 3.8) is 0 Å². The van der Waals surface area contributed by atoms with Gasteiger partial charge in [-0.3, -0.25) is 4.79 Å². The van der Waals surface area contributed by atoms with E-state index in [0.29, 0.717) is 5.75 Å². The standard InChI is InChI=1S/C20H14F2O5/c21-16-10-15(11-17(22)18(16)19(23)20(24)25)27-8-7-26-14-6-5-12-3-1-2-4-13(12)9-14/h1-6,9-11H,7-8H2,(H,24,25). The molecule has 0 fully saturated rings. The Morgan fingerprint density at radius 3 is 2.04 bits per heavy atom. The Hall–Kier alpha value is -3.48. The maximum atomic E-state index is 13.8. The van der Waals surface area contributed by atoms with Crippen LogP contribution >= 0.6 is 0 Å². The second-order valence-corrected chi connectivity index (χ2v) is 5.60. The second-order valence-electron chi connectivity index (χ2n) is 5.60. The number of carboxylic acid groups (broad SMARTS) is 1. The Morgan fingerprint density at radius 1 is 0.815 bits per heavy atom. The average molecular weight is 372 g/mol. The molecule has 3 aromatic rings. The summed E-state index contributed by atoms with van der Waals surface area (Å²) < 4.78 is 38.4. The summed E-state index contributed by atoms with van der Waals surface area (Å²) in [4.78, 5) is 21.9. The van der Waals surface area contributed by atoms with E-state index in [4.69, 9.17) is 14.6 Å². The van der Waals surface area contributed by atoms with Gasteiger partial charge in [-0.05, 0) is 22.9 Å². The SMILES string of the molecule is O=C(O)C(=O)c1c(F)cc(OCCOc2ccc3ccccc3c2)cc1F. The number of ether oxygens (including phenoxy) is 2. The lowest BCUT2D eigenvalue weighted by Gasteiger charge is -2.10. The number of carbonyl (C=O) groups is 2. The van der Waals surface area contributed by atoms with E-state index < -0.39 is 29.0 Å². The lowest BCUT2D eigenvalue weighted by Crippen LogP contribution is -2.17. The van der Waals surface area contributed by atoms with Gasteiger partial charge in [-0.15, -0.1) is 0 Å². The van der Waals surface area contributed by atoms with E-state index in [1.807, 2.05) is 36.4 Å². The lowest BCUT2D eigenvalue weighted by atomic mass is 10.1. The van der Waals surface area contributed by atoms with Crippen LogP contribution in [0.5, 0.6) is 11.5 Å². The third-order valence-electron chi connectivity index (χ3n) is 3.78. The number of ketones is 1. The number of Topliss-reactive ketones (excluding diaryl/α,β-unsaturated/α-hetero) is 1. The summed E-state index contributed by atoms with van der Waals surface area (Å²) >= 11 is 0. The van der Waals surface area contributed by atoms with E-state index in [2.05, 4.69) is 0 Å². The van der Waals surface area contributed by atoms with Crippen LogP contribution in [-0.4, -0.2) is 30.1 Å². The van der Waals surface area contributed by atoms with E-state index in [1.54, 1.807) is 6.07 Å². The van der Waals surface area contributed by atoms with Gasteiger partial charge in [0.05, 0.1) is 0 Å². The molecule has 138 valence electrons. The van der Waals surface area contributed by atoms with Crippen LogP contribution in [0, 0.1) is 11.6 Å². The largest absolute Gasteiger partial charge is 0.490 e. The molecule has 0 aliphatic heterocycles. The highest BCUT2D eigenvalue weighted by atomic mass is 19.1. The van der Waals surface area contributed by atoms with Gasteiger partial charge in [-0.1, -0.05) is 30.3 Å². The summed E-state index contributed by atoms with van der Waals surface area (Å²) in [7, 11) is 0. The third-order valence-corrected chi connectivity index (χ3v) is 3.78. The minimum atomic E-state index is -1.94. The van der Waals surface area contributed by atoms with Crippen molar-refractivity contribution in [1.29, 1.82) is 0 Å². The fourth-order valence-electron chi connectivity index (χ4n) is 2.53. The molecule has 0 aliphatic rings. The smallest absolute Gasteiger partial charge is 0.377 e. The van der Waals surface area contributed by atoms with Crippen molar-refractivity contribution in [1.82, 2.24) is 0 Å². The molecule has 0 amide bonds. The van der Waals surface area contributed by atoms with Crippen LogP contribution < -0.4 is 9.47 Å². The maximum Gasteiger partial charge on any atom is 0.377 e. The number of carbonyl (C=O) groups excluding carboxylic acids is 1. The molecule has 0 bridgehead atoms. The second kappa shape index (κ2) is 7.82. The minimum Gasteiger partial charge on any atom is -0.490 e. The summed E-state index contributed by atoms with van der Waals surface area (Å²) in [6, 6.07) is 14.9. The fraction of sp³-hybridized carbons (Fsp3) is 0.100. The van der Waals surface area contributed by atoms with Gasteiger partial charge in [0.15, 0.2) is 0 Å². The van der Waals surface area contributed by atoms with Crippen LogP contribution in [0.2, 0.25) is 0 Å². The van der Waals surface area contributed by atoms with Gasteiger partial charge >= 0.3 is 5.97 Å². The predicted octanol–water partition coefficient (Wildman–Crippen LogP) is 3.84. The monoisotopic (exact) mass is 372 g/mol. The van der Waals surface area contributed by atoms with E-state index in [0.717, 1.165) is 22.9 Å². The highest BCUT2D eigenvalue weighted by Gasteiger charge is 2.24. The molecule has 0 heterocycles. The van der Waals surface area contributed by atoms with Gasteiger partial charge in [0.2, 0.25) is 0 Å². The summed E-state index contributed by atoms with van der Waals surface area (Å²) in [5, 5.41) is 10.7. The van der Waals surface area contributed by atoms with Crippen LogP contribution in [0.3, 0.4) is 0 Å². The molecule has 27 heavy (non-hydrogen) atoms. The molecule has 0 spiro atoms. The number of aliphatic carboxylic acids is 1. The molecule has 0 radical (unpaired) electrons. The number of halogens is 2. The van der Waals surface area contributed by atoms with Gasteiger partial charge in [-0.2, -0.15) is 0 Å². The van der Waals surface area contributed by atoms with Crippen LogP contribution in [0.4, 0.5) is 8.78 Å². The molecule has 0 aliphatic carbocycles. The van der Waals surface area contributed by atoms with E-state index in [9.17, 15) is 18.4 Å². The summed E-state index contributed by atoms with van der Waals surface area (Å²) in [5.41, 5.74) is -1.12.